The van der Waals surface area contributed by atoms with Gasteiger partial charge in [0.2, 0.25) is 11.8 Å². The summed E-state index contributed by atoms with van der Waals surface area (Å²) in [5.74, 6) is -0.0846. The van der Waals surface area contributed by atoms with Crippen LogP contribution in [0.5, 0.6) is 0 Å². The number of nitrogens with one attached hydrogen (secondary N) is 1. The Kier molecular flexibility index (Phi) is 5.51. The molecule has 4 nitrogen and oxygen atoms in total. The van der Waals surface area contributed by atoms with Gasteiger partial charge in [0, 0.05) is 19.4 Å². The summed E-state index contributed by atoms with van der Waals surface area (Å²) in [5.41, 5.74) is 2.42. The standard InChI is InChI=1S/C17H24N2O2/c1-3-13-8-10-14(11-9-13)15(18-4-2)12-19-16(20)6-5-7-17(19)21/h8-11,15,18H,3-7,12H2,1-2H3. The number of benzene rings is 1. The van der Waals surface area contributed by atoms with Crippen LogP contribution < -0.4 is 5.32 Å². The Morgan fingerprint density at radius 2 is 1.71 bits per heavy atom. The first-order chi connectivity index (χ1) is 10.2. The van der Waals surface area contributed by atoms with E-state index in [-0.39, 0.29) is 17.9 Å². The second-order valence-corrected chi connectivity index (χ2v) is 5.46. The number of likely N-dealkylation sites (tertiary alicyclic amines) is 1. The topological polar surface area (TPSA) is 49.4 Å². The highest BCUT2D eigenvalue weighted by Crippen LogP contribution is 2.20. The number of amides is 2. The molecular weight excluding hydrogens is 264 g/mol. The summed E-state index contributed by atoms with van der Waals surface area (Å²) in [5, 5.41) is 3.38. The van der Waals surface area contributed by atoms with E-state index in [0.29, 0.717) is 25.8 Å². The van der Waals surface area contributed by atoms with E-state index in [1.165, 1.54) is 10.5 Å². The van der Waals surface area contributed by atoms with Crippen molar-refractivity contribution in [2.75, 3.05) is 13.1 Å². The summed E-state index contributed by atoms with van der Waals surface area (Å²) in [4.78, 5) is 25.3. The molecule has 0 saturated carbocycles. The molecule has 0 spiro atoms. The summed E-state index contributed by atoms with van der Waals surface area (Å²) in [7, 11) is 0. The van der Waals surface area contributed by atoms with Gasteiger partial charge < -0.3 is 5.32 Å². The minimum atomic E-state index is -0.0423. The summed E-state index contributed by atoms with van der Waals surface area (Å²) in [6, 6.07) is 8.40. The van der Waals surface area contributed by atoms with E-state index in [1.54, 1.807) is 0 Å². The number of likely N-dealkylation sites (N-methyl/N-ethyl adjacent to an activating group) is 1. The van der Waals surface area contributed by atoms with Gasteiger partial charge in [-0.1, -0.05) is 38.1 Å². The van der Waals surface area contributed by atoms with Crippen LogP contribution >= 0.6 is 0 Å². The second kappa shape index (κ2) is 7.36. The van der Waals surface area contributed by atoms with E-state index in [0.717, 1.165) is 18.5 Å². The predicted octanol–water partition coefficient (Wildman–Crippen LogP) is 2.44. The molecule has 1 unspecified atom stereocenters. The number of piperidine rings is 1. The van der Waals surface area contributed by atoms with Gasteiger partial charge in [-0.3, -0.25) is 14.5 Å². The average molecular weight is 288 g/mol. The number of imide groups is 1. The number of nitrogens with zero attached hydrogens (tertiary/aromatic N) is 1. The predicted molar refractivity (Wildman–Crippen MR) is 82.8 cm³/mol. The first-order valence-electron chi connectivity index (χ1n) is 7.81. The van der Waals surface area contributed by atoms with Crippen molar-refractivity contribution in [1.29, 1.82) is 0 Å². The van der Waals surface area contributed by atoms with Gasteiger partial charge in [0.05, 0.1) is 6.04 Å². The zero-order chi connectivity index (χ0) is 15.2. The van der Waals surface area contributed by atoms with Gasteiger partial charge in [-0.05, 0) is 30.5 Å². The highest BCUT2D eigenvalue weighted by Gasteiger charge is 2.28. The van der Waals surface area contributed by atoms with Gasteiger partial charge in [0.15, 0.2) is 0 Å². The first-order valence-corrected chi connectivity index (χ1v) is 7.81. The lowest BCUT2D eigenvalue weighted by Gasteiger charge is -2.29. The zero-order valence-corrected chi connectivity index (χ0v) is 12.9. The molecule has 2 rings (SSSR count). The fourth-order valence-corrected chi connectivity index (χ4v) is 2.71. The van der Waals surface area contributed by atoms with Crippen LogP contribution in [0.15, 0.2) is 24.3 Å². The number of carbonyl (C=O) groups is 2. The maximum atomic E-state index is 12.0. The minimum Gasteiger partial charge on any atom is -0.309 e. The molecule has 1 atom stereocenters. The quantitative estimate of drug-likeness (QED) is 0.818. The zero-order valence-electron chi connectivity index (χ0n) is 12.9. The van der Waals surface area contributed by atoms with Gasteiger partial charge >= 0.3 is 0 Å². The van der Waals surface area contributed by atoms with Crippen molar-refractivity contribution in [2.24, 2.45) is 0 Å². The molecule has 0 bridgehead atoms. The average Bonchev–Trinajstić information content (AvgIpc) is 2.50. The number of rotatable bonds is 6. The Bertz CT molecular complexity index is 480. The molecule has 21 heavy (non-hydrogen) atoms. The van der Waals surface area contributed by atoms with Gasteiger partial charge in [-0.15, -0.1) is 0 Å². The maximum absolute atomic E-state index is 12.0. The smallest absolute Gasteiger partial charge is 0.229 e. The molecule has 114 valence electrons. The Morgan fingerprint density at radius 1 is 1.10 bits per heavy atom. The van der Waals surface area contributed by atoms with Crippen molar-refractivity contribution < 1.29 is 9.59 Å². The normalized spacial score (nSPS) is 17.1. The number of hydrogen-bond acceptors (Lipinski definition) is 3. The Morgan fingerprint density at radius 3 is 2.24 bits per heavy atom. The van der Waals surface area contributed by atoms with Crippen molar-refractivity contribution in [3.05, 3.63) is 35.4 Å². The van der Waals surface area contributed by atoms with Gasteiger partial charge in [0.25, 0.3) is 0 Å². The summed E-state index contributed by atoms with van der Waals surface area (Å²) >= 11 is 0. The molecule has 1 N–H and O–H groups in total. The van der Waals surface area contributed by atoms with Crippen LogP contribution in [0.25, 0.3) is 0 Å². The third kappa shape index (κ3) is 3.91. The summed E-state index contributed by atoms with van der Waals surface area (Å²) < 4.78 is 0. The molecule has 1 aromatic rings. The molecule has 4 heteroatoms. The Labute approximate surface area is 126 Å². The van der Waals surface area contributed by atoms with E-state index in [4.69, 9.17) is 0 Å². The van der Waals surface area contributed by atoms with Gasteiger partial charge in [-0.25, -0.2) is 0 Å². The van der Waals surface area contributed by atoms with Crippen molar-refractivity contribution >= 4 is 11.8 Å². The fraction of sp³-hybridized carbons (Fsp3) is 0.529. The van der Waals surface area contributed by atoms with Crippen LogP contribution in [0.3, 0.4) is 0 Å². The highest BCUT2D eigenvalue weighted by atomic mass is 16.2. The second-order valence-electron chi connectivity index (χ2n) is 5.46. The third-order valence-electron chi connectivity index (χ3n) is 3.99. The molecule has 1 aromatic carbocycles. The van der Waals surface area contributed by atoms with Crippen LogP contribution in [0, 0.1) is 0 Å². The number of aryl methyl sites for hydroxylation is 1. The van der Waals surface area contributed by atoms with Gasteiger partial charge in [0.1, 0.15) is 0 Å². The summed E-state index contributed by atoms with van der Waals surface area (Å²) in [6.45, 7) is 5.39. The minimum absolute atomic E-state index is 0.00639. The van der Waals surface area contributed by atoms with E-state index < -0.39 is 0 Å². The van der Waals surface area contributed by atoms with E-state index in [2.05, 4.69) is 36.5 Å². The molecule has 1 heterocycles. The van der Waals surface area contributed by atoms with E-state index in [1.807, 2.05) is 6.92 Å². The van der Waals surface area contributed by atoms with Crippen LogP contribution in [-0.4, -0.2) is 29.8 Å². The van der Waals surface area contributed by atoms with Crippen molar-refractivity contribution in [3.63, 3.8) is 0 Å². The molecular formula is C17H24N2O2. The van der Waals surface area contributed by atoms with E-state index >= 15 is 0 Å². The monoisotopic (exact) mass is 288 g/mol. The van der Waals surface area contributed by atoms with Crippen molar-refractivity contribution in [2.45, 2.75) is 45.6 Å². The lowest BCUT2D eigenvalue weighted by atomic mass is 10.0. The lowest BCUT2D eigenvalue weighted by Crippen LogP contribution is -2.45. The lowest BCUT2D eigenvalue weighted by molar-refractivity contribution is -0.148. The van der Waals surface area contributed by atoms with Crippen LogP contribution in [0.1, 0.15) is 50.3 Å². The largest absolute Gasteiger partial charge is 0.309 e. The number of carbonyl (C=O) groups excluding carboxylic acids is 2. The van der Waals surface area contributed by atoms with Crippen molar-refractivity contribution in [1.82, 2.24) is 10.2 Å². The molecule has 1 aliphatic rings. The molecule has 0 aromatic heterocycles. The maximum Gasteiger partial charge on any atom is 0.229 e. The third-order valence-corrected chi connectivity index (χ3v) is 3.99. The highest BCUT2D eigenvalue weighted by molar-refractivity contribution is 5.97. The first kappa shape index (κ1) is 15.7. The molecule has 0 aliphatic carbocycles. The molecule has 2 amide bonds. The Balaban J connectivity index is 2.13. The molecule has 1 saturated heterocycles. The summed E-state index contributed by atoms with van der Waals surface area (Å²) in [6.07, 6.45) is 2.67. The van der Waals surface area contributed by atoms with Gasteiger partial charge in [-0.2, -0.15) is 0 Å². The van der Waals surface area contributed by atoms with Crippen molar-refractivity contribution in [3.8, 4) is 0 Å². The molecule has 0 radical (unpaired) electrons. The van der Waals surface area contributed by atoms with E-state index in [9.17, 15) is 9.59 Å². The number of hydrogen-bond donors (Lipinski definition) is 1. The van der Waals surface area contributed by atoms with Crippen LogP contribution in [0.2, 0.25) is 0 Å². The molecule has 1 fully saturated rings. The van der Waals surface area contributed by atoms with Crippen LogP contribution in [-0.2, 0) is 16.0 Å². The molecule has 1 aliphatic heterocycles. The van der Waals surface area contributed by atoms with Crippen LogP contribution in [0.4, 0.5) is 0 Å². The fourth-order valence-electron chi connectivity index (χ4n) is 2.71. The Hall–Kier alpha value is -1.68. The SMILES string of the molecule is CCNC(CN1C(=O)CCCC1=O)c1ccc(CC)cc1.